The fourth-order valence-electron chi connectivity index (χ4n) is 2.57. The first-order chi connectivity index (χ1) is 12.8. The minimum atomic E-state index is -0.297. The molecule has 0 aliphatic rings. The number of aromatic nitrogens is 2. The number of ether oxygens (including phenoxy) is 1. The van der Waals surface area contributed by atoms with Crippen molar-refractivity contribution in [3.63, 3.8) is 0 Å². The zero-order valence-corrected chi connectivity index (χ0v) is 13.8. The van der Waals surface area contributed by atoms with Crippen LogP contribution in [0.1, 0.15) is 5.56 Å². The summed E-state index contributed by atoms with van der Waals surface area (Å²) < 4.78 is 25.4. The van der Waals surface area contributed by atoms with Crippen molar-refractivity contribution in [2.24, 2.45) is 0 Å². The molecule has 0 saturated heterocycles. The highest BCUT2D eigenvalue weighted by Crippen LogP contribution is 2.31. The summed E-state index contributed by atoms with van der Waals surface area (Å²) in [4.78, 5) is 0. The van der Waals surface area contributed by atoms with Crippen LogP contribution in [-0.2, 0) is 6.61 Å². The van der Waals surface area contributed by atoms with Crippen LogP contribution in [0.4, 0.5) is 4.39 Å². The second-order valence-electron chi connectivity index (χ2n) is 5.65. The summed E-state index contributed by atoms with van der Waals surface area (Å²) >= 11 is 0. The van der Waals surface area contributed by atoms with Gasteiger partial charge in [-0.25, -0.2) is 4.39 Å². The number of hydrogen-bond donors (Lipinski definition) is 0. The van der Waals surface area contributed by atoms with Crippen molar-refractivity contribution in [2.75, 3.05) is 0 Å². The molecular formula is C21H15FN2O2. The van der Waals surface area contributed by atoms with Gasteiger partial charge < -0.3 is 9.15 Å². The Morgan fingerprint density at radius 2 is 1.46 bits per heavy atom. The number of nitrogens with zero attached hydrogens (tertiary/aromatic N) is 2. The number of hydrogen-bond acceptors (Lipinski definition) is 4. The third-order valence-corrected chi connectivity index (χ3v) is 3.90. The molecule has 4 aromatic rings. The van der Waals surface area contributed by atoms with Crippen LogP contribution in [0, 0.1) is 5.82 Å². The molecule has 0 radical (unpaired) electrons. The zero-order valence-electron chi connectivity index (χ0n) is 13.8. The molecule has 0 spiro atoms. The predicted octanol–water partition coefficient (Wildman–Crippen LogP) is 5.12. The van der Waals surface area contributed by atoms with Gasteiger partial charge in [0.15, 0.2) is 0 Å². The molecule has 0 aliphatic carbocycles. The smallest absolute Gasteiger partial charge is 0.251 e. The molecule has 128 valence electrons. The van der Waals surface area contributed by atoms with Gasteiger partial charge in [0.05, 0.1) is 5.56 Å². The van der Waals surface area contributed by atoms with E-state index in [0.717, 1.165) is 5.56 Å². The summed E-state index contributed by atoms with van der Waals surface area (Å²) in [5.41, 5.74) is 1.99. The summed E-state index contributed by atoms with van der Waals surface area (Å²) in [6.07, 6.45) is 0. The van der Waals surface area contributed by atoms with Crippen molar-refractivity contribution >= 4 is 0 Å². The molecule has 26 heavy (non-hydrogen) atoms. The molecule has 1 aromatic heterocycles. The molecule has 0 bridgehead atoms. The normalized spacial score (nSPS) is 10.7. The lowest BCUT2D eigenvalue weighted by molar-refractivity contribution is 0.300. The van der Waals surface area contributed by atoms with E-state index in [1.54, 1.807) is 24.3 Å². The molecule has 4 rings (SSSR count). The van der Waals surface area contributed by atoms with Gasteiger partial charge in [-0.2, -0.15) is 0 Å². The van der Waals surface area contributed by atoms with Crippen LogP contribution in [0.3, 0.4) is 0 Å². The molecule has 0 N–H and O–H groups in total. The maximum atomic E-state index is 13.8. The first kappa shape index (κ1) is 16.0. The highest BCUT2D eigenvalue weighted by atomic mass is 19.1. The van der Waals surface area contributed by atoms with Crippen molar-refractivity contribution in [2.45, 2.75) is 6.61 Å². The van der Waals surface area contributed by atoms with E-state index in [1.807, 2.05) is 48.5 Å². The highest BCUT2D eigenvalue weighted by Gasteiger charge is 2.15. The Morgan fingerprint density at radius 1 is 0.769 bits per heavy atom. The van der Waals surface area contributed by atoms with Crippen LogP contribution >= 0.6 is 0 Å². The number of halogens is 1. The fourth-order valence-corrected chi connectivity index (χ4v) is 2.57. The Bertz CT molecular complexity index is 1020. The van der Waals surface area contributed by atoms with Crippen LogP contribution < -0.4 is 4.74 Å². The van der Waals surface area contributed by atoms with Crippen LogP contribution in [0.2, 0.25) is 0 Å². The van der Waals surface area contributed by atoms with Crippen LogP contribution in [0.25, 0.3) is 22.9 Å². The zero-order chi connectivity index (χ0) is 17.8. The second kappa shape index (κ2) is 7.19. The molecule has 4 nitrogen and oxygen atoms in total. The van der Waals surface area contributed by atoms with Gasteiger partial charge in [-0.15, -0.1) is 10.2 Å². The Kier molecular flexibility index (Phi) is 4.43. The molecular weight excluding hydrogens is 331 g/mol. The molecule has 5 heteroatoms. The van der Waals surface area contributed by atoms with E-state index in [1.165, 1.54) is 6.07 Å². The van der Waals surface area contributed by atoms with Gasteiger partial charge in [-0.3, -0.25) is 0 Å². The minimum Gasteiger partial charge on any atom is -0.488 e. The molecule has 0 saturated carbocycles. The maximum Gasteiger partial charge on any atom is 0.251 e. The summed E-state index contributed by atoms with van der Waals surface area (Å²) in [6.45, 7) is 0.114. The molecule has 0 amide bonds. The van der Waals surface area contributed by atoms with E-state index in [2.05, 4.69) is 10.2 Å². The van der Waals surface area contributed by atoms with Crippen molar-refractivity contribution < 1.29 is 13.5 Å². The Balaban J connectivity index is 1.60. The Hall–Kier alpha value is -3.47. The van der Waals surface area contributed by atoms with Gasteiger partial charge in [-0.1, -0.05) is 48.5 Å². The fraction of sp³-hybridized carbons (Fsp3) is 0.0476. The van der Waals surface area contributed by atoms with Gasteiger partial charge in [0.1, 0.15) is 18.2 Å². The van der Waals surface area contributed by atoms with Gasteiger partial charge in [0.25, 0.3) is 5.89 Å². The maximum absolute atomic E-state index is 13.8. The van der Waals surface area contributed by atoms with E-state index in [-0.39, 0.29) is 12.4 Å². The second-order valence-corrected chi connectivity index (χ2v) is 5.65. The average molecular weight is 346 g/mol. The van der Waals surface area contributed by atoms with Gasteiger partial charge >= 0.3 is 0 Å². The Morgan fingerprint density at radius 3 is 2.31 bits per heavy atom. The van der Waals surface area contributed by atoms with E-state index in [4.69, 9.17) is 9.15 Å². The van der Waals surface area contributed by atoms with Crippen LogP contribution in [0.15, 0.2) is 83.3 Å². The summed E-state index contributed by atoms with van der Waals surface area (Å²) in [5.74, 6) is 1.05. The largest absolute Gasteiger partial charge is 0.488 e. The number of rotatable bonds is 5. The van der Waals surface area contributed by atoms with Crippen molar-refractivity contribution in [1.29, 1.82) is 0 Å². The van der Waals surface area contributed by atoms with Gasteiger partial charge in [0.2, 0.25) is 5.89 Å². The van der Waals surface area contributed by atoms with Crippen LogP contribution in [0.5, 0.6) is 5.75 Å². The minimum absolute atomic E-state index is 0.114. The van der Waals surface area contributed by atoms with Gasteiger partial charge in [-0.05, 0) is 30.3 Å². The standard InChI is InChI=1S/C21H15FN2O2/c22-18-12-6-4-10-16(18)14-25-19-13-7-5-11-17(19)21-24-23-20(26-21)15-8-2-1-3-9-15/h1-13H,14H2. The number of benzene rings is 3. The predicted molar refractivity (Wildman–Crippen MR) is 95.9 cm³/mol. The average Bonchev–Trinajstić information content (AvgIpc) is 3.18. The molecule has 0 aliphatic heterocycles. The van der Waals surface area contributed by atoms with Crippen molar-refractivity contribution in [1.82, 2.24) is 10.2 Å². The SMILES string of the molecule is Fc1ccccc1COc1ccccc1-c1nnc(-c2ccccc2)o1. The van der Waals surface area contributed by atoms with E-state index in [0.29, 0.717) is 28.7 Å². The monoisotopic (exact) mass is 346 g/mol. The third kappa shape index (κ3) is 3.32. The lowest BCUT2D eigenvalue weighted by Crippen LogP contribution is -1.99. The topological polar surface area (TPSA) is 48.2 Å². The lowest BCUT2D eigenvalue weighted by atomic mass is 10.2. The van der Waals surface area contributed by atoms with Gasteiger partial charge in [0, 0.05) is 11.1 Å². The van der Waals surface area contributed by atoms with E-state index >= 15 is 0 Å². The lowest BCUT2D eigenvalue weighted by Gasteiger charge is -2.09. The van der Waals surface area contributed by atoms with E-state index in [9.17, 15) is 4.39 Å². The Labute approximate surface area is 149 Å². The van der Waals surface area contributed by atoms with E-state index < -0.39 is 0 Å². The molecule has 3 aromatic carbocycles. The summed E-state index contributed by atoms with van der Waals surface area (Å²) in [6, 6.07) is 23.4. The first-order valence-electron chi connectivity index (χ1n) is 8.16. The van der Waals surface area contributed by atoms with Crippen molar-refractivity contribution in [3.05, 3.63) is 90.2 Å². The van der Waals surface area contributed by atoms with Crippen molar-refractivity contribution in [3.8, 4) is 28.7 Å². The first-order valence-corrected chi connectivity index (χ1v) is 8.16. The highest BCUT2D eigenvalue weighted by molar-refractivity contribution is 5.64. The summed E-state index contributed by atoms with van der Waals surface area (Å²) in [7, 11) is 0. The molecule has 1 heterocycles. The molecule has 0 atom stereocenters. The summed E-state index contributed by atoms with van der Waals surface area (Å²) in [5, 5.41) is 8.23. The molecule has 0 fully saturated rings. The number of para-hydroxylation sites is 1. The molecule has 0 unspecified atom stereocenters. The van der Waals surface area contributed by atoms with Crippen LogP contribution in [-0.4, -0.2) is 10.2 Å². The quantitative estimate of drug-likeness (QED) is 0.503. The third-order valence-electron chi connectivity index (χ3n) is 3.90.